The Labute approximate surface area is 159 Å². The molecule has 0 atom stereocenters. The summed E-state index contributed by atoms with van der Waals surface area (Å²) in [5.74, 6) is -0.669. The van der Waals surface area contributed by atoms with Crippen molar-refractivity contribution < 1.29 is 24.2 Å². The number of benzene rings is 2. The minimum Gasteiger partial charge on any atom is -0.508 e. The van der Waals surface area contributed by atoms with Crippen LogP contribution < -0.4 is 4.74 Å². The number of carbonyl (C=O) groups excluding carboxylic acids is 1. The second-order valence-corrected chi connectivity index (χ2v) is 6.68. The molecule has 3 heterocycles. The summed E-state index contributed by atoms with van der Waals surface area (Å²) in [7, 11) is 1.93. The average Bonchev–Trinajstić information content (AvgIpc) is 3.36. The highest BCUT2D eigenvalue weighted by atomic mass is 16.5. The van der Waals surface area contributed by atoms with Crippen molar-refractivity contribution in [1.29, 1.82) is 0 Å². The Bertz CT molecular complexity index is 1280. The lowest BCUT2D eigenvalue weighted by Gasteiger charge is -2.03. The number of Topliss-reactive ketones (excluding diaryl/α,β-unsaturated/α-hetero) is 1. The van der Waals surface area contributed by atoms with Crippen LogP contribution in [0.5, 0.6) is 17.2 Å². The molecule has 0 fully saturated rings. The molecule has 2 N–H and O–H groups in total. The molecule has 2 aromatic heterocycles. The Hall–Kier alpha value is -3.93. The number of furan rings is 1. The van der Waals surface area contributed by atoms with Gasteiger partial charge in [0.2, 0.25) is 5.78 Å². The van der Waals surface area contributed by atoms with Gasteiger partial charge in [-0.2, -0.15) is 0 Å². The number of phenolic OH excluding ortho intramolecular Hbond substituents is 2. The molecule has 0 radical (unpaired) electrons. The number of ether oxygens (including phenoxy) is 1. The van der Waals surface area contributed by atoms with E-state index >= 15 is 0 Å². The van der Waals surface area contributed by atoms with Crippen molar-refractivity contribution in [3.8, 4) is 28.4 Å². The van der Waals surface area contributed by atoms with E-state index in [2.05, 4.69) is 0 Å². The van der Waals surface area contributed by atoms with Crippen LogP contribution >= 0.6 is 0 Å². The Morgan fingerprint density at radius 1 is 1.14 bits per heavy atom. The standard InChI is InChI=1S/C22H15NO5/c1-23-10-13(20-15(3-2-4-16(20)23)12-5-6-27-11-12)7-19-22(26)21-17(25)8-14(24)9-18(21)28-19/h2-11,24-25H,1H3/b19-7-. The maximum absolute atomic E-state index is 12.7. The second-order valence-electron chi connectivity index (χ2n) is 6.68. The van der Waals surface area contributed by atoms with E-state index in [-0.39, 0.29) is 28.6 Å². The van der Waals surface area contributed by atoms with E-state index in [0.717, 1.165) is 33.7 Å². The third-order valence-electron chi connectivity index (χ3n) is 4.90. The number of ketones is 1. The van der Waals surface area contributed by atoms with Gasteiger partial charge in [-0.3, -0.25) is 4.79 Å². The molecule has 0 spiro atoms. The molecule has 0 unspecified atom stereocenters. The van der Waals surface area contributed by atoms with Gasteiger partial charge in [0, 0.05) is 47.4 Å². The van der Waals surface area contributed by atoms with Crippen LogP contribution in [0.4, 0.5) is 0 Å². The van der Waals surface area contributed by atoms with Gasteiger partial charge < -0.3 is 23.9 Å². The van der Waals surface area contributed by atoms with Crippen LogP contribution in [0.1, 0.15) is 15.9 Å². The van der Waals surface area contributed by atoms with E-state index in [1.807, 2.05) is 42.1 Å². The summed E-state index contributed by atoms with van der Waals surface area (Å²) in [6.07, 6.45) is 6.86. The van der Waals surface area contributed by atoms with Crippen LogP contribution in [0.25, 0.3) is 28.1 Å². The molecule has 6 heteroatoms. The Morgan fingerprint density at radius 2 is 2.00 bits per heavy atom. The molecule has 1 aliphatic rings. The number of rotatable bonds is 2. The summed E-state index contributed by atoms with van der Waals surface area (Å²) in [5.41, 5.74) is 3.76. The monoisotopic (exact) mass is 373 g/mol. The fraction of sp³-hybridized carbons (Fsp3) is 0.0455. The van der Waals surface area contributed by atoms with Crippen LogP contribution in [-0.4, -0.2) is 20.6 Å². The number of allylic oxidation sites excluding steroid dienone is 1. The first-order valence-electron chi connectivity index (χ1n) is 8.64. The fourth-order valence-electron chi connectivity index (χ4n) is 3.67. The lowest BCUT2D eigenvalue weighted by molar-refractivity contribution is 0.101. The van der Waals surface area contributed by atoms with E-state index in [1.165, 1.54) is 6.07 Å². The van der Waals surface area contributed by atoms with Crippen molar-refractivity contribution in [2.75, 3.05) is 0 Å². The molecular weight excluding hydrogens is 358 g/mol. The molecule has 0 saturated carbocycles. The third-order valence-corrected chi connectivity index (χ3v) is 4.90. The summed E-state index contributed by atoms with van der Waals surface area (Å²) in [4.78, 5) is 12.7. The van der Waals surface area contributed by atoms with E-state index in [0.29, 0.717) is 0 Å². The summed E-state index contributed by atoms with van der Waals surface area (Å²) < 4.78 is 12.8. The molecule has 4 aromatic rings. The lowest BCUT2D eigenvalue weighted by atomic mass is 10.0. The maximum atomic E-state index is 12.7. The smallest absolute Gasteiger partial charge is 0.235 e. The minimum absolute atomic E-state index is 0.0549. The first-order chi connectivity index (χ1) is 13.5. The fourth-order valence-corrected chi connectivity index (χ4v) is 3.67. The highest BCUT2D eigenvalue weighted by molar-refractivity contribution is 6.17. The summed E-state index contributed by atoms with van der Waals surface area (Å²) in [6.45, 7) is 0. The van der Waals surface area contributed by atoms with Crippen LogP contribution in [0.2, 0.25) is 0 Å². The number of hydrogen-bond donors (Lipinski definition) is 2. The SMILES string of the molecule is Cn1cc(/C=C2\Oc3cc(O)cc(O)c3C2=O)c2c(-c3ccoc3)cccc21. The van der Waals surface area contributed by atoms with Crippen molar-refractivity contribution in [1.82, 2.24) is 4.57 Å². The summed E-state index contributed by atoms with van der Waals surface area (Å²) in [6, 6.07) is 10.3. The maximum Gasteiger partial charge on any atom is 0.235 e. The predicted molar refractivity (Wildman–Crippen MR) is 103 cm³/mol. The first-order valence-corrected chi connectivity index (χ1v) is 8.64. The molecule has 0 aliphatic carbocycles. The van der Waals surface area contributed by atoms with Gasteiger partial charge in [0.25, 0.3) is 0 Å². The molecule has 0 amide bonds. The number of aryl methyl sites for hydroxylation is 1. The number of nitrogens with zero attached hydrogens (tertiary/aromatic N) is 1. The highest BCUT2D eigenvalue weighted by Gasteiger charge is 2.31. The van der Waals surface area contributed by atoms with Gasteiger partial charge in [-0.1, -0.05) is 12.1 Å². The topological polar surface area (TPSA) is 84.8 Å². The number of aromatic hydroxyl groups is 2. The van der Waals surface area contributed by atoms with Gasteiger partial charge in [0.1, 0.15) is 22.8 Å². The van der Waals surface area contributed by atoms with E-state index in [4.69, 9.17) is 9.15 Å². The van der Waals surface area contributed by atoms with Gasteiger partial charge in [0.15, 0.2) is 5.76 Å². The van der Waals surface area contributed by atoms with Gasteiger partial charge in [-0.25, -0.2) is 0 Å². The van der Waals surface area contributed by atoms with Crippen LogP contribution in [0, 0.1) is 0 Å². The molecule has 2 aromatic carbocycles. The minimum atomic E-state index is -0.426. The Balaban J connectivity index is 1.69. The molecule has 1 aliphatic heterocycles. The highest BCUT2D eigenvalue weighted by Crippen LogP contribution is 2.41. The van der Waals surface area contributed by atoms with Crippen molar-refractivity contribution in [3.63, 3.8) is 0 Å². The van der Waals surface area contributed by atoms with Crippen LogP contribution in [-0.2, 0) is 7.05 Å². The second kappa shape index (κ2) is 5.79. The van der Waals surface area contributed by atoms with E-state index < -0.39 is 5.78 Å². The molecule has 0 saturated heterocycles. The molecular formula is C22H15NO5. The first kappa shape index (κ1) is 16.3. The largest absolute Gasteiger partial charge is 0.508 e. The zero-order chi connectivity index (χ0) is 19.4. The van der Waals surface area contributed by atoms with E-state index in [1.54, 1.807) is 18.6 Å². The molecule has 6 nitrogen and oxygen atoms in total. The lowest BCUT2D eigenvalue weighted by Crippen LogP contribution is -1.98. The number of carbonyl (C=O) groups is 1. The van der Waals surface area contributed by atoms with Gasteiger partial charge in [-0.05, 0) is 23.8 Å². The quantitative estimate of drug-likeness (QED) is 0.507. The van der Waals surface area contributed by atoms with Crippen molar-refractivity contribution in [2.45, 2.75) is 0 Å². The number of fused-ring (bicyclic) bond motifs is 2. The molecule has 5 rings (SSSR count). The number of aromatic nitrogens is 1. The molecule has 138 valence electrons. The van der Waals surface area contributed by atoms with Gasteiger partial charge >= 0.3 is 0 Å². The summed E-state index contributed by atoms with van der Waals surface area (Å²) in [5, 5.41) is 20.6. The van der Waals surface area contributed by atoms with Gasteiger partial charge in [0.05, 0.1) is 12.5 Å². The normalized spacial score (nSPS) is 14.6. The van der Waals surface area contributed by atoms with Crippen LogP contribution in [0.15, 0.2) is 65.3 Å². The van der Waals surface area contributed by atoms with Crippen molar-refractivity contribution >= 4 is 22.8 Å². The third kappa shape index (κ3) is 2.31. The van der Waals surface area contributed by atoms with E-state index in [9.17, 15) is 15.0 Å². The Morgan fingerprint density at radius 3 is 2.79 bits per heavy atom. The predicted octanol–water partition coefficient (Wildman–Crippen LogP) is 4.47. The number of hydrogen-bond acceptors (Lipinski definition) is 5. The zero-order valence-corrected chi connectivity index (χ0v) is 14.8. The van der Waals surface area contributed by atoms with Crippen molar-refractivity contribution in [2.24, 2.45) is 7.05 Å². The zero-order valence-electron chi connectivity index (χ0n) is 14.8. The summed E-state index contributed by atoms with van der Waals surface area (Å²) >= 11 is 0. The van der Waals surface area contributed by atoms with Crippen LogP contribution in [0.3, 0.4) is 0 Å². The van der Waals surface area contributed by atoms with Gasteiger partial charge in [-0.15, -0.1) is 0 Å². The number of phenols is 2. The Kier molecular flexibility index (Phi) is 3.36. The average molecular weight is 373 g/mol. The molecule has 0 bridgehead atoms. The molecule has 28 heavy (non-hydrogen) atoms. The van der Waals surface area contributed by atoms with Crippen molar-refractivity contribution in [3.05, 3.63) is 72.0 Å².